The Labute approximate surface area is 330 Å². The molecule has 3 N–H and O–H groups in total. The quantitative estimate of drug-likeness (QED) is 0.178. The zero-order chi connectivity index (χ0) is 40.9. The zero-order valence-electron chi connectivity index (χ0n) is 31.2. The van der Waals surface area contributed by atoms with Gasteiger partial charge in [-0.25, -0.2) is 22.6 Å². The molecule has 4 aromatic carbocycles. The van der Waals surface area contributed by atoms with E-state index in [4.69, 9.17) is 4.74 Å². The number of ether oxygens (including phenoxy) is 1. The number of nitrogens with one attached hydrogen (secondary N) is 3. The van der Waals surface area contributed by atoms with Gasteiger partial charge in [0.1, 0.15) is 36.8 Å². The molecule has 4 amide bonds. The van der Waals surface area contributed by atoms with Gasteiger partial charge in [-0.15, -0.1) is 0 Å². The van der Waals surface area contributed by atoms with Crippen molar-refractivity contribution in [1.82, 2.24) is 24.1 Å². The molecule has 15 nitrogen and oxygen atoms in total. The molecule has 302 valence electrons. The fraction of sp³-hybridized carbons (Fsp3) is 0.325. The predicted molar refractivity (Wildman–Crippen MR) is 210 cm³/mol. The fourth-order valence-corrected chi connectivity index (χ4v) is 9.24. The number of aryl methyl sites for hydroxylation is 1. The number of nitrogens with zero attached hydrogens (tertiary/aromatic N) is 4. The highest BCUT2D eigenvalue weighted by atomic mass is 32.2. The van der Waals surface area contributed by atoms with Gasteiger partial charge in [-0.1, -0.05) is 36.4 Å². The maximum atomic E-state index is 16.2. The Bertz CT molecular complexity index is 2670. The third-order valence-corrected chi connectivity index (χ3v) is 12.2. The molecule has 8 rings (SSSR count). The lowest BCUT2D eigenvalue weighted by molar-refractivity contribution is -0.135. The third-order valence-electron chi connectivity index (χ3n) is 10.9. The number of anilines is 2. The van der Waals surface area contributed by atoms with Gasteiger partial charge in [0.05, 0.1) is 17.6 Å². The van der Waals surface area contributed by atoms with E-state index in [0.29, 0.717) is 51.5 Å². The van der Waals surface area contributed by atoms with Crippen LogP contribution in [0.25, 0.3) is 21.8 Å². The lowest BCUT2D eigenvalue weighted by atomic mass is 9.87. The summed E-state index contributed by atoms with van der Waals surface area (Å²) in [6, 6.07) is 19.2. The Balaban J connectivity index is 0.968. The van der Waals surface area contributed by atoms with E-state index in [-0.39, 0.29) is 55.3 Å². The number of halogens is 2. The van der Waals surface area contributed by atoms with E-state index < -0.39 is 64.1 Å². The van der Waals surface area contributed by atoms with Crippen LogP contribution in [0, 0.1) is 5.82 Å². The van der Waals surface area contributed by atoms with Crippen LogP contribution < -0.4 is 30.1 Å². The van der Waals surface area contributed by atoms with Crippen LogP contribution >= 0.6 is 0 Å². The second kappa shape index (κ2) is 15.3. The van der Waals surface area contributed by atoms with Crippen LogP contribution in [0.3, 0.4) is 0 Å². The Morgan fingerprint density at radius 2 is 1.76 bits per heavy atom. The summed E-state index contributed by atoms with van der Waals surface area (Å²) in [4.78, 5) is 64.8. The van der Waals surface area contributed by atoms with Crippen LogP contribution in [-0.4, -0.2) is 78.4 Å². The van der Waals surface area contributed by atoms with Crippen molar-refractivity contribution in [3.05, 3.63) is 100 Å². The molecule has 3 fully saturated rings. The van der Waals surface area contributed by atoms with Crippen LogP contribution in [0.15, 0.2) is 77.6 Å². The molecule has 3 aliphatic rings. The van der Waals surface area contributed by atoms with E-state index in [1.165, 1.54) is 33.4 Å². The van der Waals surface area contributed by atoms with E-state index in [0.717, 1.165) is 5.56 Å². The molecule has 58 heavy (non-hydrogen) atoms. The lowest BCUT2D eigenvalue weighted by Gasteiger charge is -2.34. The first-order valence-corrected chi connectivity index (χ1v) is 20.3. The molecule has 5 aromatic rings. The molecule has 3 aliphatic heterocycles. The monoisotopic (exact) mass is 815 g/mol. The first kappa shape index (κ1) is 38.7. The van der Waals surface area contributed by atoms with E-state index in [1.54, 1.807) is 54.3 Å². The molecule has 0 aliphatic carbocycles. The first-order valence-electron chi connectivity index (χ1n) is 18.8. The second-order valence-corrected chi connectivity index (χ2v) is 16.2. The maximum Gasteiger partial charge on any atom is 0.329 e. The van der Waals surface area contributed by atoms with Gasteiger partial charge in [-0.3, -0.25) is 38.5 Å². The minimum atomic E-state index is -4.38. The molecular weight excluding hydrogens is 777 g/mol. The summed E-state index contributed by atoms with van der Waals surface area (Å²) in [6.45, 7) is 1.72. The van der Waals surface area contributed by atoms with Crippen molar-refractivity contribution in [2.24, 2.45) is 0 Å². The summed E-state index contributed by atoms with van der Waals surface area (Å²) in [6.07, 6.45) is -0.627. The fourth-order valence-electron chi connectivity index (χ4n) is 8.08. The largest absolute Gasteiger partial charge is 0.487 e. The van der Waals surface area contributed by atoms with E-state index in [1.807, 2.05) is 10.8 Å². The molecule has 0 saturated carbocycles. The highest BCUT2D eigenvalue weighted by molar-refractivity contribution is 7.92. The minimum Gasteiger partial charge on any atom is -0.487 e. The molecule has 1 aromatic heterocycles. The van der Waals surface area contributed by atoms with E-state index >= 15 is 8.78 Å². The molecule has 3 atom stereocenters. The van der Waals surface area contributed by atoms with E-state index in [9.17, 15) is 32.4 Å². The summed E-state index contributed by atoms with van der Waals surface area (Å²) in [7, 11) is -4.38. The summed E-state index contributed by atoms with van der Waals surface area (Å²) in [5.74, 6) is -3.73. The van der Waals surface area contributed by atoms with Crippen LogP contribution in [0.1, 0.15) is 49.3 Å². The van der Waals surface area contributed by atoms with Gasteiger partial charge in [-0.05, 0) is 79.2 Å². The molecule has 0 radical (unpaired) electrons. The van der Waals surface area contributed by atoms with Crippen LogP contribution in [0.5, 0.6) is 5.75 Å². The highest BCUT2D eigenvalue weighted by Crippen LogP contribution is 2.40. The van der Waals surface area contributed by atoms with Crippen molar-refractivity contribution in [2.45, 2.75) is 57.5 Å². The smallest absolute Gasteiger partial charge is 0.329 e. The van der Waals surface area contributed by atoms with Gasteiger partial charge in [0.2, 0.25) is 17.7 Å². The van der Waals surface area contributed by atoms with Crippen LogP contribution in [0.4, 0.5) is 20.2 Å². The number of imide groups is 1. The van der Waals surface area contributed by atoms with Crippen molar-refractivity contribution >= 4 is 67.0 Å². The average Bonchev–Trinajstić information content (AvgIpc) is 3.62. The van der Waals surface area contributed by atoms with Gasteiger partial charge in [-0.2, -0.15) is 8.42 Å². The number of likely N-dealkylation sites (tertiary alicyclic amines) is 1. The van der Waals surface area contributed by atoms with Crippen LogP contribution in [0.2, 0.25) is 0 Å². The number of imidazole rings is 1. The number of hydrogen-bond donors (Lipinski definition) is 3. The van der Waals surface area contributed by atoms with E-state index in [2.05, 4.69) is 10.6 Å². The minimum absolute atomic E-state index is 0.0246. The standard InChI is InChI=1S/C40H39F2N7O8S/c1-2-47-32-17-24(8-11-30(32)49(40(47)54)31-12-13-34(50)44-39(31)53)27-14-15-46(19-29(27)41)20-35(51)43-26-9-10-28-25(16-26)18-33(57-22-23-6-4-3-5-7-23)38(37(28)42)48-21-36(52)45-58(48,55)56/h3-11,16-18,27,29,31H,2,12-15,19-22H2,1H3,(H,43,51)(H,45,52)(H,44,50,53)/t27-,29+,31?/m0/s1. The van der Waals surface area contributed by atoms with Crippen molar-refractivity contribution in [2.75, 3.05) is 35.8 Å². The van der Waals surface area contributed by atoms with Gasteiger partial charge in [0.15, 0.2) is 5.82 Å². The SMILES string of the molecule is CCn1c(=O)n(C2CCC(=O)NC2=O)c2ccc([C@@H]3CCN(CC(=O)Nc4ccc5c(F)c(N6CC(=O)NS6(=O)=O)c(OCc6ccccc6)cc5c4)C[C@H]3F)cc21. The number of amides is 4. The summed E-state index contributed by atoms with van der Waals surface area (Å²) < 4.78 is 69.0. The molecule has 0 bridgehead atoms. The van der Waals surface area contributed by atoms with Gasteiger partial charge in [0.25, 0.3) is 5.91 Å². The second-order valence-electron chi connectivity index (χ2n) is 14.6. The summed E-state index contributed by atoms with van der Waals surface area (Å²) in [5, 5.41) is 5.41. The first-order chi connectivity index (χ1) is 27.8. The number of benzene rings is 4. The van der Waals surface area contributed by atoms with Gasteiger partial charge >= 0.3 is 15.9 Å². The van der Waals surface area contributed by atoms with Crippen molar-refractivity contribution in [3.63, 3.8) is 0 Å². The number of rotatable bonds is 10. The summed E-state index contributed by atoms with van der Waals surface area (Å²) >= 11 is 0. The number of piperidine rings is 2. The maximum absolute atomic E-state index is 16.2. The Morgan fingerprint density at radius 3 is 2.47 bits per heavy atom. The highest BCUT2D eigenvalue weighted by Gasteiger charge is 2.39. The Hall–Kier alpha value is -6.14. The number of alkyl halides is 1. The molecule has 1 unspecified atom stereocenters. The number of carbonyl (C=O) groups excluding carboxylic acids is 4. The van der Waals surface area contributed by atoms with Gasteiger partial charge < -0.3 is 10.1 Å². The Kier molecular flexibility index (Phi) is 10.2. The number of carbonyl (C=O) groups is 4. The number of aromatic nitrogens is 2. The lowest BCUT2D eigenvalue weighted by Crippen LogP contribution is -2.44. The van der Waals surface area contributed by atoms with Gasteiger partial charge in [0, 0.05) is 36.5 Å². The molecule has 4 heterocycles. The molecule has 3 saturated heterocycles. The third kappa shape index (κ3) is 7.28. The van der Waals surface area contributed by atoms with Crippen molar-refractivity contribution < 1.29 is 41.1 Å². The topological polar surface area (TPSA) is 181 Å². The summed E-state index contributed by atoms with van der Waals surface area (Å²) in [5.41, 5.74) is 2.03. The average molecular weight is 816 g/mol. The molecule has 0 spiro atoms. The Morgan fingerprint density at radius 1 is 0.966 bits per heavy atom. The predicted octanol–water partition coefficient (Wildman–Crippen LogP) is 3.62. The van der Waals surface area contributed by atoms with Crippen LogP contribution in [-0.2, 0) is 42.5 Å². The zero-order valence-corrected chi connectivity index (χ0v) is 32.1. The van der Waals surface area contributed by atoms with Crippen molar-refractivity contribution in [3.8, 4) is 5.75 Å². The number of hydrogen-bond acceptors (Lipinski definition) is 9. The normalized spacial score (nSPS) is 21.0. The molecular formula is C40H39F2N7O8S. The molecule has 18 heteroatoms. The number of fused-ring (bicyclic) bond motifs is 2. The van der Waals surface area contributed by atoms with Crippen molar-refractivity contribution in [1.29, 1.82) is 0 Å².